The fraction of sp³-hybridized carbons (Fsp3) is 0.107. The smallest absolute Gasteiger partial charge is 0.230 e. The number of pyridine rings is 1. The third-order valence-electron chi connectivity index (χ3n) is 6.61. The third kappa shape index (κ3) is 3.28. The number of nitrogens with zero attached hydrogens (tertiary/aromatic N) is 7. The van der Waals surface area contributed by atoms with Gasteiger partial charge in [-0.15, -0.1) is 5.10 Å². The lowest BCUT2D eigenvalue weighted by atomic mass is 9.84. The highest BCUT2D eigenvalue weighted by molar-refractivity contribution is 5.69. The van der Waals surface area contributed by atoms with Crippen LogP contribution in [0.2, 0.25) is 0 Å². The standard InChI is InChI=1S/C28H21N7O2/c1-17-22-23(20-10-6-7-11-21(20)36-2)24-26-31-25(18-12-14-29-15-13-18)33-34(26)16-30-27(24)37-28(22)35(32-17)19-8-4-3-5-9-19/h3-16,23H,1-2H3. The average molecular weight is 488 g/mol. The number of fused-ring (bicyclic) bond motifs is 4. The fourth-order valence-corrected chi connectivity index (χ4v) is 4.96. The molecule has 1 atom stereocenters. The molecule has 1 unspecified atom stereocenters. The molecule has 4 aromatic heterocycles. The zero-order valence-corrected chi connectivity index (χ0v) is 20.1. The van der Waals surface area contributed by atoms with Crippen LogP contribution >= 0.6 is 0 Å². The number of ether oxygens (including phenoxy) is 2. The van der Waals surface area contributed by atoms with Crippen molar-refractivity contribution in [3.63, 3.8) is 0 Å². The topological polar surface area (TPSA) is 92.2 Å². The number of hydrogen-bond acceptors (Lipinski definition) is 7. The van der Waals surface area contributed by atoms with Crippen LogP contribution in [-0.4, -0.2) is 41.5 Å². The van der Waals surface area contributed by atoms with Crippen LogP contribution in [0.25, 0.3) is 22.7 Å². The molecule has 180 valence electrons. The van der Waals surface area contributed by atoms with Crippen molar-refractivity contribution in [2.24, 2.45) is 0 Å². The first kappa shape index (κ1) is 21.3. The highest BCUT2D eigenvalue weighted by atomic mass is 16.5. The van der Waals surface area contributed by atoms with Crippen molar-refractivity contribution in [1.29, 1.82) is 0 Å². The normalized spacial score (nSPS) is 14.2. The number of hydrogen-bond donors (Lipinski definition) is 0. The van der Waals surface area contributed by atoms with Crippen molar-refractivity contribution >= 4 is 5.65 Å². The predicted octanol–water partition coefficient (Wildman–Crippen LogP) is 4.97. The summed E-state index contributed by atoms with van der Waals surface area (Å²) in [5.41, 5.74) is 5.98. The van der Waals surface area contributed by atoms with Gasteiger partial charge in [-0.3, -0.25) is 4.98 Å². The molecule has 6 aromatic rings. The largest absolute Gasteiger partial charge is 0.496 e. The predicted molar refractivity (Wildman–Crippen MR) is 136 cm³/mol. The lowest BCUT2D eigenvalue weighted by Gasteiger charge is -2.27. The summed E-state index contributed by atoms with van der Waals surface area (Å²) >= 11 is 0. The lowest BCUT2D eigenvalue weighted by molar-refractivity contribution is 0.393. The molecule has 0 saturated heterocycles. The van der Waals surface area contributed by atoms with Crippen LogP contribution in [0.5, 0.6) is 17.5 Å². The summed E-state index contributed by atoms with van der Waals surface area (Å²) in [7, 11) is 1.68. The van der Waals surface area contributed by atoms with Gasteiger partial charge in [0.05, 0.1) is 35.5 Å². The molecule has 0 aliphatic carbocycles. The van der Waals surface area contributed by atoms with Gasteiger partial charge in [0.1, 0.15) is 12.1 Å². The maximum atomic E-state index is 6.49. The minimum absolute atomic E-state index is 0.293. The van der Waals surface area contributed by atoms with Crippen molar-refractivity contribution in [2.45, 2.75) is 12.8 Å². The van der Waals surface area contributed by atoms with Gasteiger partial charge in [-0.2, -0.15) is 5.10 Å². The molecular weight excluding hydrogens is 466 g/mol. The third-order valence-corrected chi connectivity index (χ3v) is 6.61. The van der Waals surface area contributed by atoms with Crippen molar-refractivity contribution < 1.29 is 9.47 Å². The van der Waals surface area contributed by atoms with Crippen molar-refractivity contribution in [1.82, 2.24) is 34.3 Å². The average Bonchev–Trinajstić information content (AvgIpc) is 3.54. The van der Waals surface area contributed by atoms with E-state index >= 15 is 0 Å². The van der Waals surface area contributed by atoms with Crippen LogP contribution in [0.15, 0.2) is 85.5 Å². The van der Waals surface area contributed by atoms with E-state index in [-0.39, 0.29) is 5.92 Å². The van der Waals surface area contributed by atoms with Gasteiger partial charge < -0.3 is 9.47 Å². The molecule has 0 saturated carbocycles. The Labute approximate surface area is 212 Å². The molecule has 1 aliphatic heterocycles. The molecule has 9 heteroatoms. The first-order valence-corrected chi connectivity index (χ1v) is 11.8. The van der Waals surface area contributed by atoms with E-state index in [0.717, 1.165) is 39.4 Å². The van der Waals surface area contributed by atoms with E-state index < -0.39 is 0 Å². The molecule has 0 radical (unpaired) electrons. The molecule has 1 aliphatic rings. The van der Waals surface area contributed by atoms with Crippen LogP contribution in [0, 0.1) is 6.92 Å². The summed E-state index contributed by atoms with van der Waals surface area (Å²) in [6, 6.07) is 21.7. The first-order valence-electron chi connectivity index (χ1n) is 11.8. The molecule has 9 nitrogen and oxygen atoms in total. The zero-order valence-electron chi connectivity index (χ0n) is 20.1. The minimum atomic E-state index is -0.293. The summed E-state index contributed by atoms with van der Waals surface area (Å²) in [5.74, 6) is 2.13. The Morgan fingerprint density at radius 2 is 1.68 bits per heavy atom. The molecule has 0 spiro atoms. The van der Waals surface area contributed by atoms with E-state index in [1.54, 1.807) is 30.3 Å². The van der Waals surface area contributed by atoms with E-state index in [2.05, 4.69) is 16.0 Å². The molecule has 5 heterocycles. The number of benzene rings is 2. The molecule has 0 fully saturated rings. The van der Waals surface area contributed by atoms with Crippen LogP contribution in [0.3, 0.4) is 0 Å². The van der Waals surface area contributed by atoms with Gasteiger partial charge in [-0.25, -0.2) is 19.2 Å². The van der Waals surface area contributed by atoms with E-state index in [9.17, 15) is 0 Å². The summed E-state index contributed by atoms with van der Waals surface area (Å²) in [6.07, 6.45) is 5.08. The number of para-hydroxylation sites is 2. The maximum Gasteiger partial charge on any atom is 0.230 e. The van der Waals surface area contributed by atoms with Gasteiger partial charge in [-0.05, 0) is 37.3 Å². The summed E-state index contributed by atoms with van der Waals surface area (Å²) in [5, 5.41) is 9.58. The van der Waals surface area contributed by atoms with Crippen molar-refractivity contribution in [2.75, 3.05) is 7.11 Å². The second-order valence-electron chi connectivity index (χ2n) is 8.73. The highest BCUT2D eigenvalue weighted by Gasteiger charge is 2.39. The Hall–Kier alpha value is -5.05. The van der Waals surface area contributed by atoms with E-state index in [1.165, 1.54) is 0 Å². The number of aryl methyl sites for hydroxylation is 1. The van der Waals surface area contributed by atoms with Crippen LogP contribution < -0.4 is 9.47 Å². The second-order valence-corrected chi connectivity index (χ2v) is 8.73. The molecule has 0 amide bonds. The lowest BCUT2D eigenvalue weighted by Crippen LogP contribution is -2.16. The minimum Gasteiger partial charge on any atom is -0.496 e. The molecule has 37 heavy (non-hydrogen) atoms. The zero-order chi connectivity index (χ0) is 24.9. The first-order chi connectivity index (χ1) is 18.2. The molecule has 0 bridgehead atoms. The Kier molecular flexibility index (Phi) is 4.75. The maximum absolute atomic E-state index is 6.49. The summed E-state index contributed by atoms with van der Waals surface area (Å²) in [4.78, 5) is 13.7. The summed E-state index contributed by atoms with van der Waals surface area (Å²) < 4.78 is 15.8. The van der Waals surface area contributed by atoms with Crippen molar-refractivity contribution in [3.05, 3.63) is 108 Å². The summed E-state index contributed by atoms with van der Waals surface area (Å²) in [6.45, 7) is 1.99. The van der Waals surface area contributed by atoms with E-state index in [0.29, 0.717) is 23.2 Å². The molecule has 7 rings (SSSR count). The fourth-order valence-electron chi connectivity index (χ4n) is 4.96. The number of aromatic nitrogens is 7. The van der Waals surface area contributed by atoms with Gasteiger partial charge in [0.25, 0.3) is 0 Å². The van der Waals surface area contributed by atoms with Crippen molar-refractivity contribution in [3.8, 4) is 34.6 Å². The second kappa shape index (κ2) is 8.27. The number of methoxy groups -OCH3 is 1. The van der Waals surface area contributed by atoms with Gasteiger partial charge in [-0.1, -0.05) is 36.4 Å². The Morgan fingerprint density at radius 1 is 0.892 bits per heavy atom. The molecule has 2 aromatic carbocycles. The van der Waals surface area contributed by atoms with Crippen LogP contribution in [0.1, 0.15) is 28.3 Å². The van der Waals surface area contributed by atoms with E-state index in [1.807, 2.05) is 72.3 Å². The molecular formula is C28H21N7O2. The number of rotatable bonds is 4. The van der Waals surface area contributed by atoms with Gasteiger partial charge in [0.15, 0.2) is 11.5 Å². The Morgan fingerprint density at radius 3 is 2.49 bits per heavy atom. The quantitative estimate of drug-likeness (QED) is 0.346. The van der Waals surface area contributed by atoms with Crippen LogP contribution in [0.4, 0.5) is 0 Å². The van der Waals surface area contributed by atoms with Crippen LogP contribution in [-0.2, 0) is 0 Å². The van der Waals surface area contributed by atoms with Gasteiger partial charge in [0.2, 0.25) is 11.8 Å². The Bertz CT molecular complexity index is 1760. The van der Waals surface area contributed by atoms with E-state index in [4.69, 9.17) is 24.7 Å². The molecule has 0 N–H and O–H groups in total. The Balaban J connectivity index is 1.52. The van der Waals surface area contributed by atoms with Gasteiger partial charge >= 0.3 is 0 Å². The van der Waals surface area contributed by atoms with Gasteiger partial charge in [0, 0.05) is 23.5 Å². The monoisotopic (exact) mass is 487 g/mol. The SMILES string of the molecule is COc1ccccc1C1c2c(C)nn(-c3ccccc3)c2Oc2ncn3nc(-c4ccncc4)nc3c21. The highest BCUT2D eigenvalue weighted by Crippen LogP contribution is 2.51.